The number of hydrogen-bond acceptors (Lipinski definition) is 3. The predicted octanol–water partition coefficient (Wildman–Crippen LogP) is 4.80. The van der Waals surface area contributed by atoms with Crippen LogP contribution in [0.1, 0.15) is 29.8 Å². The molecule has 2 nitrogen and oxygen atoms in total. The van der Waals surface area contributed by atoms with E-state index in [1.54, 1.807) is 18.4 Å². The normalized spacial score (nSPS) is 12.3. The Balaban J connectivity index is 2.21. The Bertz CT molecular complexity index is 541. The molecule has 2 rings (SSSR count). The Morgan fingerprint density at radius 1 is 1.30 bits per heavy atom. The summed E-state index contributed by atoms with van der Waals surface area (Å²) in [4.78, 5) is 1.35. The molecule has 0 fully saturated rings. The molecule has 0 aliphatic heterocycles. The average molecular weight is 354 g/mol. The Hall–Kier alpha value is -0.840. The lowest BCUT2D eigenvalue weighted by Gasteiger charge is -2.19. The number of para-hydroxylation sites is 1. The largest absolute Gasteiger partial charge is 0.496 e. The maximum absolute atomic E-state index is 5.46. The van der Waals surface area contributed by atoms with E-state index in [0.717, 1.165) is 25.1 Å². The number of thiophene rings is 1. The first-order valence-electron chi connectivity index (χ1n) is 6.84. The lowest BCUT2D eigenvalue weighted by atomic mass is 10.0. The van der Waals surface area contributed by atoms with Crippen LogP contribution in [0.4, 0.5) is 0 Å². The molecule has 20 heavy (non-hydrogen) atoms. The third-order valence-corrected chi connectivity index (χ3v) is 5.20. The van der Waals surface area contributed by atoms with E-state index in [1.165, 1.54) is 14.9 Å². The fourth-order valence-corrected chi connectivity index (χ4v) is 3.95. The van der Waals surface area contributed by atoms with Crippen LogP contribution < -0.4 is 10.1 Å². The monoisotopic (exact) mass is 353 g/mol. The molecular weight excluding hydrogens is 334 g/mol. The minimum absolute atomic E-state index is 0.320. The van der Waals surface area contributed by atoms with Crippen LogP contribution in [-0.4, -0.2) is 13.7 Å². The Kier molecular flexibility index (Phi) is 6.07. The van der Waals surface area contributed by atoms with Crippen molar-refractivity contribution in [3.05, 3.63) is 50.6 Å². The van der Waals surface area contributed by atoms with Crippen molar-refractivity contribution in [2.75, 3.05) is 13.7 Å². The van der Waals surface area contributed by atoms with Crippen molar-refractivity contribution in [3.8, 4) is 5.75 Å². The summed E-state index contributed by atoms with van der Waals surface area (Å²) in [7, 11) is 1.73. The van der Waals surface area contributed by atoms with E-state index >= 15 is 0 Å². The maximum atomic E-state index is 5.46. The van der Waals surface area contributed by atoms with Crippen molar-refractivity contribution in [2.45, 2.75) is 25.8 Å². The maximum Gasteiger partial charge on any atom is 0.122 e. The zero-order valence-electron chi connectivity index (χ0n) is 11.9. The zero-order valence-corrected chi connectivity index (χ0v) is 14.3. The van der Waals surface area contributed by atoms with Gasteiger partial charge in [-0.05, 0) is 58.4 Å². The fraction of sp³-hybridized carbons (Fsp3) is 0.375. The first-order valence-corrected chi connectivity index (χ1v) is 8.51. The van der Waals surface area contributed by atoms with Crippen molar-refractivity contribution < 1.29 is 4.74 Å². The number of benzene rings is 1. The van der Waals surface area contributed by atoms with Gasteiger partial charge in [0.2, 0.25) is 0 Å². The number of rotatable bonds is 7. The SMILES string of the molecule is CCCNC(Cc1ccccc1OC)c1sccc1Br. The van der Waals surface area contributed by atoms with Crippen molar-refractivity contribution in [3.63, 3.8) is 0 Å². The second-order valence-corrected chi connectivity index (χ2v) is 6.46. The molecular formula is C16H20BrNOS. The van der Waals surface area contributed by atoms with E-state index in [9.17, 15) is 0 Å². The Morgan fingerprint density at radius 3 is 2.75 bits per heavy atom. The smallest absolute Gasteiger partial charge is 0.122 e. The van der Waals surface area contributed by atoms with Gasteiger partial charge >= 0.3 is 0 Å². The molecule has 1 N–H and O–H groups in total. The predicted molar refractivity (Wildman–Crippen MR) is 89.8 cm³/mol. The van der Waals surface area contributed by atoms with Gasteiger partial charge in [-0.3, -0.25) is 0 Å². The first-order chi connectivity index (χ1) is 9.76. The second kappa shape index (κ2) is 7.81. The number of hydrogen-bond donors (Lipinski definition) is 1. The molecule has 0 bridgehead atoms. The zero-order chi connectivity index (χ0) is 14.4. The van der Waals surface area contributed by atoms with Crippen LogP contribution in [0.5, 0.6) is 5.75 Å². The number of halogens is 1. The summed E-state index contributed by atoms with van der Waals surface area (Å²) in [5, 5.41) is 5.76. The van der Waals surface area contributed by atoms with Crippen molar-refractivity contribution in [2.24, 2.45) is 0 Å². The van der Waals surface area contributed by atoms with Gasteiger partial charge in [-0.15, -0.1) is 11.3 Å². The van der Waals surface area contributed by atoms with Gasteiger partial charge in [0.05, 0.1) is 7.11 Å². The number of nitrogens with one attached hydrogen (secondary N) is 1. The molecule has 0 spiro atoms. The van der Waals surface area contributed by atoms with Crippen LogP contribution in [-0.2, 0) is 6.42 Å². The van der Waals surface area contributed by atoms with E-state index < -0.39 is 0 Å². The van der Waals surface area contributed by atoms with Crippen LogP contribution in [0.25, 0.3) is 0 Å². The van der Waals surface area contributed by atoms with Gasteiger partial charge < -0.3 is 10.1 Å². The lowest BCUT2D eigenvalue weighted by molar-refractivity contribution is 0.405. The van der Waals surface area contributed by atoms with Gasteiger partial charge in [-0.25, -0.2) is 0 Å². The molecule has 0 saturated heterocycles. The van der Waals surface area contributed by atoms with Gasteiger partial charge in [0.15, 0.2) is 0 Å². The first kappa shape index (κ1) is 15.5. The van der Waals surface area contributed by atoms with E-state index in [-0.39, 0.29) is 0 Å². The van der Waals surface area contributed by atoms with Crippen molar-refractivity contribution in [1.29, 1.82) is 0 Å². The Labute approximate surface area is 133 Å². The molecule has 1 aromatic heterocycles. The lowest BCUT2D eigenvalue weighted by Crippen LogP contribution is -2.23. The van der Waals surface area contributed by atoms with Crippen LogP contribution in [0.15, 0.2) is 40.2 Å². The average Bonchev–Trinajstić information content (AvgIpc) is 2.90. The standard InChI is InChI=1S/C16H20BrNOS/c1-3-9-18-14(16-13(17)8-10-20-16)11-12-6-4-5-7-15(12)19-2/h4-8,10,14,18H,3,9,11H2,1-2H3. The molecule has 2 aromatic rings. The van der Waals surface area contributed by atoms with E-state index in [4.69, 9.17) is 4.74 Å². The molecule has 4 heteroatoms. The summed E-state index contributed by atoms with van der Waals surface area (Å²) in [6.45, 7) is 3.21. The van der Waals surface area contributed by atoms with E-state index in [0.29, 0.717) is 6.04 Å². The molecule has 0 radical (unpaired) electrons. The van der Waals surface area contributed by atoms with Crippen LogP contribution in [0, 0.1) is 0 Å². The van der Waals surface area contributed by atoms with Crippen molar-refractivity contribution in [1.82, 2.24) is 5.32 Å². The highest BCUT2D eigenvalue weighted by atomic mass is 79.9. The quantitative estimate of drug-likeness (QED) is 0.771. The van der Waals surface area contributed by atoms with Gasteiger partial charge in [0.25, 0.3) is 0 Å². The summed E-state index contributed by atoms with van der Waals surface area (Å²) in [5.74, 6) is 0.962. The molecule has 0 aliphatic rings. The summed E-state index contributed by atoms with van der Waals surface area (Å²) in [6, 6.07) is 10.7. The summed E-state index contributed by atoms with van der Waals surface area (Å²) >= 11 is 5.44. The van der Waals surface area contributed by atoms with Gasteiger partial charge in [0.1, 0.15) is 5.75 Å². The third-order valence-electron chi connectivity index (χ3n) is 3.22. The molecule has 1 unspecified atom stereocenters. The van der Waals surface area contributed by atoms with Gasteiger partial charge in [-0.1, -0.05) is 25.1 Å². The highest BCUT2D eigenvalue weighted by molar-refractivity contribution is 9.10. The van der Waals surface area contributed by atoms with E-state index in [1.807, 2.05) is 12.1 Å². The summed E-state index contributed by atoms with van der Waals surface area (Å²) in [5.41, 5.74) is 1.24. The molecule has 0 amide bonds. The molecule has 1 heterocycles. The van der Waals surface area contributed by atoms with Crippen LogP contribution in [0.2, 0.25) is 0 Å². The van der Waals surface area contributed by atoms with Crippen LogP contribution >= 0.6 is 27.3 Å². The minimum atomic E-state index is 0.320. The highest BCUT2D eigenvalue weighted by Crippen LogP contribution is 2.33. The van der Waals surface area contributed by atoms with Crippen molar-refractivity contribution >= 4 is 27.3 Å². The molecule has 0 saturated carbocycles. The topological polar surface area (TPSA) is 21.3 Å². The Morgan fingerprint density at radius 2 is 2.10 bits per heavy atom. The van der Waals surface area contributed by atoms with Crippen LogP contribution in [0.3, 0.4) is 0 Å². The fourth-order valence-electron chi connectivity index (χ4n) is 2.22. The third kappa shape index (κ3) is 3.84. The summed E-state index contributed by atoms with van der Waals surface area (Å²) < 4.78 is 6.65. The summed E-state index contributed by atoms with van der Waals surface area (Å²) in [6.07, 6.45) is 2.06. The molecule has 108 valence electrons. The van der Waals surface area contributed by atoms with Gasteiger partial charge in [0, 0.05) is 15.4 Å². The van der Waals surface area contributed by atoms with Gasteiger partial charge in [-0.2, -0.15) is 0 Å². The highest BCUT2D eigenvalue weighted by Gasteiger charge is 2.17. The molecule has 1 atom stereocenters. The minimum Gasteiger partial charge on any atom is -0.496 e. The number of methoxy groups -OCH3 is 1. The molecule has 0 aliphatic carbocycles. The second-order valence-electron chi connectivity index (χ2n) is 4.66. The number of ether oxygens (including phenoxy) is 1. The molecule has 1 aromatic carbocycles. The van der Waals surface area contributed by atoms with E-state index in [2.05, 4.69) is 51.7 Å².